The molecule has 0 unspecified atom stereocenters. The van der Waals surface area contributed by atoms with Gasteiger partial charge in [-0.25, -0.2) is 21.7 Å². The first kappa shape index (κ1) is 10.1. The summed E-state index contributed by atoms with van der Waals surface area (Å²) in [5.74, 6) is 0. The summed E-state index contributed by atoms with van der Waals surface area (Å²) >= 11 is 0. The van der Waals surface area contributed by atoms with Crippen LogP contribution >= 0.6 is 0 Å². The normalized spacial score (nSPS) is 20.5. The quantitative estimate of drug-likeness (QED) is 0.661. The molecule has 1 heterocycles. The molecule has 0 radical (unpaired) electrons. The predicted octanol–water partition coefficient (Wildman–Crippen LogP) is 0.218. The number of nitrogens with one attached hydrogen (secondary N) is 1. The van der Waals surface area contributed by atoms with E-state index in [2.05, 4.69) is 4.85 Å². The van der Waals surface area contributed by atoms with E-state index in [9.17, 15) is 16.8 Å². The molecule has 8 heteroatoms. The fourth-order valence-electron chi connectivity index (χ4n) is 1.23. The summed E-state index contributed by atoms with van der Waals surface area (Å²) in [4.78, 5) is 2.35. The molecule has 0 aliphatic carbocycles. The molecular weight excluding hydrogens is 240 g/mol. The van der Waals surface area contributed by atoms with Crippen molar-refractivity contribution in [2.75, 3.05) is 0 Å². The summed E-state index contributed by atoms with van der Waals surface area (Å²) in [6.45, 7) is 6.69. The molecule has 0 saturated heterocycles. The van der Waals surface area contributed by atoms with E-state index in [-0.39, 0.29) is 15.5 Å². The average Bonchev–Trinajstić information content (AvgIpc) is 2.32. The summed E-state index contributed by atoms with van der Waals surface area (Å²) in [6, 6.07) is 3.40. The highest BCUT2D eigenvalue weighted by Crippen LogP contribution is 2.31. The van der Waals surface area contributed by atoms with E-state index in [1.54, 1.807) is 0 Å². The van der Waals surface area contributed by atoms with Gasteiger partial charge in [-0.3, -0.25) is 0 Å². The zero-order chi connectivity index (χ0) is 11.3. The van der Waals surface area contributed by atoms with Gasteiger partial charge in [0.05, 0.1) is 11.5 Å². The van der Waals surface area contributed by atoms with Gasteiger partial charge in [-0.2, -0.15) is 0 Å². The third kappa shape index (κ3) is 1.41. The van der Waals surface area contributed by atoms with Gasteiger partial charge in [-0.15, -0.1) is 4.13 Å². The second-order valence-corrected chi connectivity index (χ2v) is 6.39. The van der Waals surface area contributed by atoms with Crippen molar-refractivity contribution < 1.29 is 16.8 Å². The zero-order valence-electron chi connectivity index (χ0n) is 7.13. The van der Waals surface area contributed by atoms with Crippen molar-refractivity contribution >= 4 is 25.7 Å². The number of hydrogen-bond acceptors (Lipinski definition) is 4. The number of fused-ring (bicyclic) bond motifs is 1. The zero-order valence-corrected chi connectivity index (χ0v) is 8.76. The van der Waals surface area contributed by atoms with E-state index in [0.717, 1.165) is 12.1 Å². The van der Waals surface area contributed by atoms with Crippen LogP contribution in [0.3, 0.4) is 0 Å². The Morgan fingerprint density at radius 3 is 2.27 bits per heavy atom. The highest BCUT2D eigenvalue weighted by molar-refractivity contribution is 8.07. The highest BCUT2D eigenvalue weighted by atomic mass is 32.3. The monoisotopic (exact) mass is 244 g/mol. The number of sulfonamides is 2. The van der Waals surface area contributed by atoms with Crippen molar-refractivity contribution in [1.29, 1.82) is 0 Å². The summed E-state index contributed by atoms with van der Waals surface area (Å²) in [6.07, 6.45) is 0. The van der Waals surface area contributed by atoms with Gasteiger partial charge in [-0.05, 0) is 6.07 Å². The van der Waals surface area contributed by atoms with Crippen LogP contribution in [0.4, 0.5) is 5.69 Å². The molecular formula is C7H4N2O4S2. The molecule has 15 heavy (non-hydrogen) atoms. The Balaban J connectivity index is 2.90. The van der Waals surface area contributed by atoms with Crippen LogP contribution in [0.1, 0.15) is 0 Å². The minimum atomic E-state index is -4.03. The van der Waals surface area contributed by atoms with Crippen LogP contribution in [0.5, 0.6) is 0 Å². The van der Waals surface area contributed by atoms with Crippen molar-refractivity contribution in [3.05, 3.63) is 29.6 Å². The summed E-state index contributed by atoms with van der Waals surface area (Å²) in [5.41, 5.74) is 0.0798. The molecule has 78 valence electrons. The van der Waals surface area contributed by atoms with Crippen molar-refractivity contribution in [2.24, 2.45) is 0 Å². The molecule has 0 atom stereocenters. The second kappa shape index (κ2) is 2.79. The molecule has 1 aliphatic heterocycles. The fourth-order valence-corrected chi connectivity index (χ4v) is 4.94. The Kier molecular flexibility index (Phi) is 1.88. The Hall–Kier alpha value is -1.43. The van der Waals surface area contributed by atoms with Crippen LogP contribution in [0.2, 0.25) is 0 Å². The van der Waals surface area contributed by atoms with Crippen LogP contribution in [0.25, 0.3) is 4.85 Å². The Morgan fingerprint density at radius 1 is 1.07 bits per heavy atom. The van der Waals surface area contributed by atoms with Crippen molar-refractivity contribution in [3.8, 4) is 0 Å². The number of benzene rings is 1. The molecule has 2 rings (SSSR count). The molecule has 1 aliphatic rings. The van der Waals surface area contributed by atoms with Gasteiger partial charge in [0, 0.05) is 0 Å². The first-order valence-electron chi connectivity index (χ1n) is 3.67. The third-order valence-electron chi connectivity index (χ3n) is 1.85. The second-order valence-electron chi connectivity index (χ2n) is 2.83. The highest BCUT2D eigenvalue weighted by Gasteiger charge is 2.37. The van der Waals surface area contributed by atoms with Crippen molar-refractivity contribution in [2.45, 2.75) is 9.79 Å². The Bertz CT molecular complexity index is 682. The van der Waals surface area contributed by atoms with E-state index in [0.29, 0.717) is 0 Å². The van der Waals surface area contributed by atoms with Crippen LogP contribution in [-0.2, 0) is 20.0 Å². The molecule has 0 fully saturated rings. The van der Waals surface area contributed by atoms with Crippen molar-refractivity contribution in [3.63, 3.8) is 0 Å². The summed E-state index contributed by atoms with van der Waals surface area (Å²) in [5, 5.41) is 0. The molecule has 1 N–H and O–H groups in total. The maximum Gasteiger partial charge on any atom is 0.255 e. The topological polar surface area (TPSA) is 84.7 Å². The van der Waals surface area contributed by atoms with Gasteiger partial charge in [0.1, 0.15) is 4.90 Å². The molecule has 1 aromatic rings. The first-order chi connectivity index (χ1) is 6.87. The third-order valence-corrected chi connectivity index (χ3v) is 5.59. The maximum atomic E-state index is 11.3. The van der Waals surface area contributed by atoms with E-state index in [1.807, 2.05) is 0 Å². The summed E-state index contributed by atoms with van der Waals surface area (Å²) in [7, 11) is -8.01. The first-order valence-corrected chi connectivity index (χ1v) is 6.63. The van der Waals surface area contributed by atoms with E-state index in [1.165, 1.54) is 10.2 Å². The minimum Gasteiger partial charge on any atom is -0.238 e. The predicted molar refractivity (Wildman–Crippen MR) is 50.2 cm³/mol. The van der Waals surface area contributed by atoms with Gasteiger partial charge in [0.25, 0.3) is 20.0 Å². The van der Waals surface area contributed by atoms with Crippen LogP contribution in [-0.4, -0.2) is 16.8 Å². The lowest BCUT2D eigenvalue weighted by Crippen LogP contribution is -2.21. The lowest BCUT2D eigenvalue weighted by molar-refractivity contribution is 0.586. The number of rotatable bonds is 0. The van der Waals surface area contributed by atoms with E-state index in [4.69, 9.17) is 6.57 Å². The van der Waals surface area contributed by atoms with Crippen LogP contribution in [0.15, 0.2) is 28.0 Å². The largest absolute Gasteiger partial charge is 0.255 e. The standard InChI is InChI=1S/C7H4N2O4S2/c1-8-5-2-3-6-7(4-5)15(12,13)9-14(6,10)11/h2-4,9H. The fraction of sp³-hybridized carbons (Fsp3) is 0. The molecule has 0 saturated carbocycles. The van der Waals surface area contributed by atoms with E-state index < -0.39 is 20.0 Å². The van der Waals surface area contributed by atoms with Gasteiger partial charge in [0.15, 0.2) is 5.69 Å². The van der Waals surface area contributed by atoms with Crippen molar-refractivity contribution in [1.82, 2.24) is 4.13 Å². The lowest BCUT2D eigenvalue weighted by Gasteiger charge is -1.94. The van der Waals surface area contributed by atoms with Crippen LogP contribution in [0, 0.1) is 6.57 Å². The maximum absolute atomic E-state index is 11.3. The van der Waals surface area contributed by atoms with Gasteiger partial charge < -0.3 is 0 Å². The smallest absolute Gasteiger partial charge is 0.238 e. The lowest BCUT2D eigenvalue weighted by atomic mass is 10.3. The average molecular weight is 244 g/mol. The molecule has 0 amide bonds. The Morgan fingerprint density at radius 2 is 1.67 bits per heavy atom. The van der Waals surface area contributed by atoms with E-state index >= 15 is 0 Å². The number of hydrogen-bond donors (Lipinski definition) is 1. The summed E-state index contributed by atoms with van der Waals surface area (Å²) < 4.78 is 46.8. The molecule has 0 bridgehead atoms. The minimum absolute atomic E-state index is 0.0798. The molecule has 6 nitrogen and oxygen atoms in total. The molecule has 0 spiro atoms. The SMILES string of the molecule is [C-]#[N+]c1ccc2c(c1)S(=O)(=O)NS2(=O)=O. The van der Waals surface area contributed by atoms with Gasteiger partial charge >= 0.3 is 0 Å². The molecule has 0 aromatic heterocycles. The Labute approximate surface area is 86.5 Å². The molecule has 1 aromatic carbocycles. The van der Waals surface area contributed by atoms with Gasteiger partial charge in [0.2, 0.25) is 0 Å². The number of nitrogens with zero attached hydrogens (tertiary/aromatic N) is 1. The van der Waals surface area contributed by atoms with Crippen LogP contribution < -0.4 is 4.13 Å². The van der Waals surface area contributed by atoms with Gasteiger partial charge in [-0.1, -0.05) is 12.1 Å².